The van der Waals surface area contributed by atoms with Gasteiger partial charge in [-0.25, -0.2) is 4.98 Å². The molecule has 21 heavy (non-hydrogen) atoms. The van der Waals surface area contributed by atoms with Crippen molar-refractivity contribution in [2.75, 3.05) is 12.8 Å². The summed E-state index contributed by atoms with van der Waals surface area (Å²) in [6.45, 7) is 0.151. The Morgan fingerprint density at radius 1 is 1.57 bits per heavy atom. The van der Waals surface area contributed by atoms with Crippen LogP contribution in [-0.4, -0.2) is 38.0 Å². The number of aromatic nitrogens is 3. The van der Waals surface area contributed by atoms with Crippen molar-refractivity contribution in [3.63, 3.8) is 0 Å². The highest BCUT2D eigenvalue weighted by molar-refractivity contribution is 6.34. The molecule has 2 rings (SSSR count). The highest BCUT2D eigenvalue weighted by Gasteiger charge is 2.21. The molecule has 0 unspecified atom stereocenters. The number of rotatable bonds is 4. The van der Waals surface area contributed by atoms with Crippen molar-refractivity contribution in [2.24, 2.45) is 0 Å². The van der Waals surface area contributed by atoms with E-state index in [4.69, 9.17) is 17.3 Å². The quantitative estimate of drug-likeness (QED) is 0.496. The van der Waals surface area contributed by atoms with Crippen LogP contribution < -0.4 is 5.73 Å². The number of hydrogen-bond acceptors (Lipinski definition) is 6. The van der Waals surface area contributed by atoms with Crippen molar-refractivity contribution < 1.29 is 9.72 Å². The maximum absolute atomic E-state index is 12.3. The maximum Gasteiger partial charge on any atom is 0.271 e. The molecule has 0 radical (unpaired) electrons. The molecule has 0 spiro atoms. The van der Waals surface area contributed by atoms with E-state index < -0.39 is 10.8 Å². The van der Waals surface area contributed by atoms with Gasteiger partial charge in [-0.3, -0.25) is 20.0 Å². The third-order valence-electron chi connectivity index (χ3n) is 2.75. The zero-order chi connectivity index (χ0) is 15.6. The molecule has 0 saturated heterocycles. The Morgan fingerprint density at radius 2 is 2.29 bits per heavy atom. The summed E-state index contributed by atoms with van der Waals surface area (Å²) in [6, 6.07) is 2.20. The molecule has 0 aliphatic carbocycles. The van der Waals surface area contributed by atoms with Gasteiger partial charge < -0.3 is 10.6 Å². The predicted octanol–water partition coefficient (Wildman–Crippen LogP) is 1.22. The number of nitro groups is 1. The van der Waals surface area contributed by atoms with Crippen LogP contribution in [0.4, 0.5) is 11.4 Å². The SMILES string of the molecule is CN(Cc1ncn[nH]1)C(=O)c1cc([N+](=O)[O-])cc(Cl)c1N. The average Bonchev–Trinajstić information content (AvgIpc) is 2.93. The summed E-state index contributed by atoms with van der Waals surface area (Å²) in [7, 11) is 1.51. The lowest BCUT2D eigenvalue weighted by Crippen LogP contribution is -2.27. The van der Waals surface area contributed by atoms with Gasteiger partial charge in [0.05, 0.1) is 27.7 Å². The largest absolute Gasteiger partial charge is 0.397 e. The number of aromatic amines is 1. The Hall–Kier alpha value is -2.68. The van der Waals surface area contributed by atoms with Crippen LogP contribution >= 0.6 is 11.6 Å². The fourth-order valence-electron chi connectivity index (χ4n) is 1.69. The fraction of sp³-hybridized carbons (Fsp3) is 0.182. The molecule has 0 fully saturated rings. The van der Waals surface area contributed by atoms with Crippen LogP contribution in [-0.2, 0) is 6.54 Å². The zero-order valence-corrected chi connectivity index (χ0v) is 11.7. The molecule has 0 saturated carbocycles. The number of carbonyl (C=O) groups is 1. The van der Waals surface area contributed by atoms with Gasteiger partial charge in [0.25, 0.3) is 11.6 Å². The molecular formula is C11H11ClN6O3. The van der Waals surface area contributed by atoms with E-state index in [9.17, 15) is 14.9 Å². The highest BCUT2D eigenvalue weighted by Crippen LogP contribution is 2.29. The smallest absolute Gasteiger partial charge is 0.271 e. The summed E-state index contributed by atoms with van der Waals surface area (Å²) in [6.07, 6.45) is 1.31. The zero-order valence-electron chi connectivity index (χ0n) is 10.9. The van der Waals surface area contributed by atoms with Crippen LogP contribution in [0, 0.1) is 10.1 Å². The van der Waals surface area contributed by atoms with Crippen LogP contribution in [0.2, 0.25) is 5.02 Å². The minimum absolute atomic E-state index is 0.00307. The number of amides is 1. The third kappa shape index (κ3) is 3.08. The molecule has 9 nitrogen and oxygen atoms in total. The number of anilines is 1. The number of halogens is 1. The maximum atomic E-state index is 12.3. The van der Waals surface area contributed by atoms with Crippen LogP contribution in [0.1, 0.15) is 16.2 Å². The van der Waals surface area contributed by atoms with Crippen molar-refractivity contribution in [3.8, 4) is 0 Å². The number of hydrogen-bond donors (Lipinski definition) is 2. The van der Waals surface area contributed by atoms with E-state index in [-0.39, 0.29) is 28.5 Å². The van der Waals surface area contributed by atoms with E-state index >= 15 is 0 Å². The lowest BCUT2D eigenvalue weighted by molar-refractivity contribution is -0.384. The standard InChI is InChI=1S/C11H11ClN6O3/c1-17(4-9-14-5-15-16-9)11(19)7-2-6(18(20)21)3-8(12)10(7)13/h2-3,5H,4,13H2,1H3,(H,14,15,16). The van der Waals surface area contributed by atoms with Crippen molar-refractivity contribution in [1.29, 1.82) is 0 Å². The van der Waals surface area contributed by atoms with Gasteiger partial charge in [0.15, 0.2) is 0 Å². The fourth-order valence-corrected chi connectivity index (χ4v) is 1.91. The van der Waals surface area contributed by atoms with Crippen LogP contribution in [0.5, 0.6) is 0 Å². The number of non-ortho nitro benzene ring substituents is 1. The number of carbonyl (C=O) groups excluding carboxylic acids is 1. The van der Waals surface area contributed by atoms with Crippen molar-refractivity contribution in [1.82, 2.24) is 20.1 Å². The van der Waals surface area contributed by atoms with E-state index in [0.29, 0.717) is 5.82 Å². The summed E-state index contributed by atoms with van der Waals surface area (Å²) >= 11 is 5.83. The van der Waals surface area contributed by atoms with Gasteiger partial charge in [0.2, 0.25) is 0 Å². The molecule has 110 valence electrons. The number of nitrogen functional groups attached to an aromatic ring is 1. The van der Waals surface area contributed by atoms with Gasteiger partial charge in [0, 0.05) is 19.2 Å². The van der Waals surface area contributed by atoms with E-state index in [2.05, 4.69) is 15.2 Å². The molecule has 1 aromatic heterocycles. The average molecular weight is 311 g/mol. The Bertz CT molecular complexity index is 688. The van der Waals surface area contributed by atoms with Gasteiger partial charge in [-0.05, 0) is 0 Å². The van der Waals surface area contributed by atoms with Crippen LogP contribution in [0.15, 0.2) is 18.5 Å². The summed E-state index contributed by atoms with van der Waals surface area (Å²) in [5.41, 5.74) is 5.39. The minimum Gasteiger partial charge on any atom is -0.397 e. The van der Waals surface area contributed by atoms with Gasteiger partial charge >= 0.3 is 0 Å². The van der Waals surface area contributed by atoms with Gasteiger partial charge in [-0.1, -0.05) is 11.6 Å². The van der Waals surface area contributed by atoms with Crippen molar-refractivity contribution >= 4 is 28.9 Å². The van der Waals surface area contributed by atoms with Gasteiger partial charge in [0.1, 0.15) is 12.2 Å². The summed E-state index contributed by atoms with van der Waals surface area (Å²) in [4.78, 5) is 27.7. The second-order valence-electron chi connectivity index (χ2n) is 4.24. The first kappa shape index (κ1) is 14.7. The topological polar surface area (TPSA) is 131 Å². The number of nitrogens with one attached hydrogen (secondary N) is 1. The summed E-state index contributed by atoms with van der Waals surface area (Å²) < 4.78 is 0. The number of nitrogens with two attached hydrogens (primary N) is 1. The van der Waals surface area contributed by atoms with Gasteiger partial charge in [-0.2, -0.15) is 5.10 Å². The summed E-state index contributed by atoms with van der Waals surface area (Å²) in [5, 5.41) is 17.1. The molecule has 1 heterocycles. The first-order chi connectivity index (χ1) is 9.90. The monoisotopic (exact) mass is 310 g/mol. The lowest BCUT2D eigenvalue weighted by Gasteiger charge is -2.17. The van der Waals surface area contributed by atoms with E-state index in [1.807, 2.05) is 0 Å². The van der Waals surface area contributed by atoms with Gasteiger partial charge in [-0.15, -0.1) is 0 Å². The number of H-pyrrole nitrogens is 1. The van der Waals surface area contributed by atoms with Crippen molar-refractivity contribution in [3.05, 3.63) is 45.0 Å². The molecule has 0 aliphatic heterocycles. The third-order valence-corrected chi connectivity index (χ3v) is 3.07. The van der Waals surface area contributed by atoms with E-state index in [1.54, 1.807) is 0 Å². The predicted molar refractivity (Wildman–Crippen MR) is 74.7 cm³/mol. The molecule has 3 N–H and O–H groups in total. The second kappa shape index (κ2) is 5.75. The molecule has 10 heteroatoms. The molecule has 0 aliphatic rings. The number of nitro benzene ring substituents is 1. The van der Waals surface area contributed by atoms with E-state index in [0.717, 1.165) is 12.1 Å². The molecule has 1 aromatic carbocycles. The summed E-state index contributed by atoms with van der Waals surface area (Å²) in [5.74, 6) is -0.0320. The Morgan fingerprint density at radius 3 is 2.86 bits per heavy atom. The number of benzene rings is 1. The normalized spacial score (nSPS) is 10.4. The highest BCUT2D eigenvalue weighted by atomic mass is 35.5. The molecule has 0 atom stereocenters. The van der Waals surface area contributed by atoms with Crippen LogP contribution in [0.3, 0.4) is 0 Å². The van der Waals surface area contributed by atoms with E-state index in [1.165, 1.54) is 18.3 Å². The molecule has 2 aromatic rings. The minimum atomic E-state index is -0.640. The Balaban J connectivity index is 2.31. The first-order valence-electron chi connectivity index (χ1n) is 5.73. The lowest BCUT2D eigenvalue weighted by atomic mass is 10.1. The Labute approximate surface area is 123 Å². The molecule has 0 bridgehead atoms. The first-order valence-corrected chi connectivity index (χ1v) is 6.11. The van der Waals surface area contributed by atoms with Crippen molar-refractivity contribution in [2.45, 2.75) is 6.54 Å². The molecule has 1 amide bonds. The second-order valence-corrected chi connectivity index (χ2v) is 4.65. The number of nitrogens with zero attached hydrogens (tertiary/aromatic N) is 4. The van der Waals surface area contributed by atoms with Crippen LogP contribution in [0.25, 0.3) is 0 Å². The molecular weight excluding hydrogens is 300 g/mol. The Kier molecular flexibility index (Phi) is 4.03.